The van der Waals surface area contributed by atoms with Gasteiger partial charge in [-0.05, 0) is 43.0 Å². The summed E-state index contributed by atoms with van der Waals surface area (Å²) in [6.07, 6.45) is 5.07. The summed E-state index contributed by atoms with van der Waals surface area (Å²) in [7, 11) is 1.51. The molecular weight excluding hydrogens is 318 g/mol. The molecule has 1 heterocycles. The van der Waals surface area contributed by atoms with Crippen LogP contribution in [0.5, 0.6) is 5.75 Å². The second-order valence-electron chi connectivity index (χ2n) is 6.06. The highest BCUT2D eigenvalue weighted by molar-refractivity contribution is 6.09. The lowest BCUT2D eigenvalue weighted by atomic mass is 9.85. The van der Waals surface area contributed by atoms with Crippen molar-refractivity contribution >= 4 is 17.5 Å². The molecule has 3 rings (SSSR count). The molecule has 1 aliphatic rings. The van der Waals surface area contributed by atoms with E-state index in [1.54, 1.807) is 36.4 Å². The molecule has 0 atom stereocenters. The Kier molecular flexibility index (Phi) is 5.28. The van der Waals surface area contributed by atoms with Gasteiger partial charge >= 0.3 is 0 Å². The zero-order chi connectivity index (χ0) is 17.6. The van der Waals surface area contributed by atoms with E-state index in [1.807, 2.05) is 0 Å². The van der Waals surface area contributed by atoms with Crippen LogP contribution in [0.2, 0.25) is 0 Å². The predicted octanol–water partition coefficient (Wildman–Crippen LogP) is 2.87. The summed E-state index contributed by atoms with van der Waals surface area (Å²) in [6.45, 7) is 0.648. The number of hydrogen-bond acceptors (Lipinski definition) is 4. The van der Waals surface area contributed by atoms with Crippen molar-refractivity contribution < 1.29 is 14.3 Å². The first-order chi connectivity index (χ1) is 12.2. The van der Waals surface area contributed by atoms with Gasteiger partial charge in [0.2, 0.25) is 0 Å². The SMILES string of the molecule is COc1ccccc1C(=O)Nc1cccnc1C(=O)NCC1CCC1. The van der Waals surface area contributed by atoms with Crippen LogP contribution in [0.4, 0.5) is 5.69 Å². The zero-order valence-corrected chi connectivity index (χ0v) is 14.1. The number of hydrogen-bond donors (Lipinski definition) is 2. The normalized spacial score (nSPS) is 13.6. The molecule has 1 aromatic carbocycles. The Hall–Kier alpha value is -2.89. The maximum Gasteiger partial charge on any atom is 0.272 e. The van der Waals surface area contributed by atoms with Gasteiger partial charge in [0.1, 0.15) is 5.75 Å². The van der Waals surface area contributed by atoms with Crippen molar-refractivity contribution in [2.24, 2.45) is 5.92 Å². The molecule has 0 radical (unpaired) electrons. The van der Waals surface area contributed by atoms with Crippen LogP contribution in [0, 0.1) is 5.92 Å². The number of pyridine rings is 1. The average molecular weight is 339 g/mol. The summed E-state index contributed by atoms with van der Waals surface area (Å²) in [5.41, 5.74) is 0.990. The van der Waals surface area contributed by atoms with Crippen molar-refractivity contribution in [1.82, 2.24) is 10.3 Å². The third-order valence-electron chi connectivity index (χ3n) is 4.40. The summed E-state index contributed by atoms with van der Waals surface area (Å²) in [5.74, 6) is 0.403. The number of nitrogens with one attached hydrogen (secondary N) is 2. The summed E-state index contributed by atoms with van der Waals surface area (Å²) in [5, 5.41) is 5.66. The van der Waals surface area contributed by atoms with E-state index in [1.165, 1.54) is 19.7 Å². The molecule has 0 bridgehead atoms. The van der Waals surface area contributed by atoms with Crippen molar-refractivity contribution in [3.05, 3.63) is 53.9 Å². The number of methoxy groups -OCH3 is 1. The standard InChI is InChI=1S/C19H21N3O3/c1-25-16-10-3-2-8-14(16)18(23)22-15-9-5-11-20-17(15)19(24)21-12-13-6-4-7-13/h2-3,5,8-11,13H,4,6-7,12H2,1H3,(H,21,24)(H,22,23). The van der Waals surface area contributed by atoms with E-state index in [0.717, 1.165) is 12.8 Å². The van der Waals surface area contributed by atoms with Crippen LogP contribution in [0.15, 0.2) is 42.6 Å². The molecule has 1 saturated carbocycles. The summed E-state index contributed by atoms with van der Waals surface area (Å²) < 4.78 is 5.21. The topological polar surface area (TPSA) is 80.3 Å². The predicted molar refractivity (Wildman–Crippen MR) is 94.9 cm³/mol. The van der Waals surface area contributed by atoms with E-state index in [-0.39, 0.29) is 17.5 Å². The number of rotatable bonds is 6. The van der Waals surface area contributed by atoms with Crippen LogP contribution in [0.3, 0.4) is 0 Å². The lowest BCUT2D eigenvalue weighted by Crippen LogP contribution is -2.33. The minimum Gasteiger partial charge on any atom is -0.496 e. The Labute approximate surface area is 146 Å². The van der Waals surface area contributed by atoms with E-state index < -0.39 is 0 Å². The van der Waals surface area contributed by atoms with Gasteiger partial charge in [0.15, 0.2) is 5.69 Å². The Morgan fingerprint density at radius 3 is 2.68 bits per heavy atom. The number of aromatic nitrogens is 1. The summed E-state index contributed by atoms with van der Waals surface area (Å²) in [4.78, 5) is 29.1. The summed E-state index contributed by atoms with van der Waals surface area (Å²) in [6, 6.07) is 10.3. The molecule has 1 fully saturated rings. The van der Waals surface area contributed by atoms with E-state index in [0.29, 0.717) is 29.5 Å². The average Bonchev–Trinajstić information content (AvgIpc) is 2.60. The van der Waals surface area contributed by atoms with Gasteiger partial charge in [-0.25, -0.2) is 4.98 Å². The smallest absolute Gasteiger partial charge is 0.272 e. The fraction of sp³-hybridized carbons (Fsp3) is 0.316. The molecule has 2 amide bonds. The third-order valence-corrected chi connectivity index (χ3v) is 4.40. The third kappa shape index (κ3) is 3.96. The highest BCUT2D eigenvalue weighted by atomic mass is 16.5. The number of para-hydroxylation sites is 1. The Bertz CT molecular complexity index is 772. The second kappa shape index (κ2) is 7.79. The van der Waals surface area contributed by atoms with Gasteiger partial charge in [-0.3, -0.25) is 9.59 Å². The minimum absolute atomic E-state index is 0.213. The number of carbonyl (C=O) groups excluding carboxylic acids is 2. The van der Waals surface area contributed by atoms with E-state index in [2.05, 4.69) is 15.6 Å². The quantitative estimate of drug-likeness (QED) is 0.848. The zero-order valence-electron chi connectivity index (χ0n) is 14.1. The molecule has 0 aliphatic heterocycles. The monoisotopic (exact) mass is 339 g/mol. The maximum absolute atomic E-state index is 12.5. The van der Waals surface area contributed by atoms with Gasteiger partial charge < -0.3 is 15.4 Å². The Morgan fingerprint density at radius 2 is 1.96 bits per heavy atom. The van der Waals surface area contributed by atoms with Crippen LogP contribution in [-0.4, -0.2) is 30.5 Å². The molecule has 0 unspecified atom stereocenters. The summed E-state index contributed by atoms with van der Waals surface area (Å²) >= 11 is 0. The first kappa shape index (κ1) is 17.0. The lowest BCUT2D eigenvalue weighted by Gasteiger charge is -2.25. The molecule has 1 aliphatic carbocycles. The van der Waals surface area contributed by atoms with Crippen LogP contribution in [0.25, 0.3) is 0 Å². The maximum atomic E-state index is 12.5. The largest absolute Gasteiger partial charge is 0.496 e. The number of amides is 2. The molecule has 6 heteroatoms. The number of carbonyl (C=O) groups is 2. The first-order valence-corrected chi connectivity index (χ1v) is 8.36. The minimum atomic E-state index is -0.349. The first-order valence-electron chi connectivity index (χ1n) is 8.36. The van der Waals surface area contributed by atoms with E-state index >= 15 is 0 Å². The van der Waals surface area contributed by atoms with Gasteiger partial charge in [-0.15, -0.1) is 0 Å². The van der Waals surface area contributed by atoms with Gasteiger partial charge in [-0.2, -0.15) is 0 Å². The van der Waals surface area contributed by atoms with Crippen LogP contribution in [-0.2, 0) is 0 Å². The molecule has 2 N–H and O–H groups in total. The fourth-order valence-corrected chi connectivity index (χ4v) is 2.73. The Balaban J connectivity index is 1.73. The molecule has 6 nitrogen and oxygen atoms in total. The van der Waals surface area contributed by atoms with Gasteiger partial charge in [0.05, 0.1) is 18.4 Å². The number of anilines is 1. The van der Waals surface area contributed by atoms with Gasteiger partial charge in [0.25, 0.3) is 11.8 Å². The van der Waals surface area contributed by atoms with Crippen LogP contribution >= 0.6 is 0 Å². The highest BCUT2D eigenvalue weighted by Gasteiger charge is 2.21. The van der Waals surface area contributed by atoms with Crippen LogP contribution in [0.1, 0.15) is 40.1 Å². The van der Waals surface area contributed by atoms with Gasteiger partial charge in [0, 0.05) is 12.7 Å². The van der Waals surface area contributed by atoms with Crippen molar-refractivity contribution in [2.45, 2.75) is 19.3 Å². The molecule has 130 valence electrons. The van der Waals surface area contributed by atoms with Crippen molar-refractivity contribution in [3.8, 4) is 5.75 Å². The van der Waals surface area contributed by atoms with Crippen molar-refractivity contribution in [3.63, 3.8) is 0 Å². The molecule has 0 saturated heterocycles. The van der Waals surface area contributed by atoms with Crippen molar-refractivity contribution in [2.75, 3.05) is 19.0 Å². The number of ether oxygens (including phenoxy) is 1. The molecular formula is C19H21N3O3. The fourth-order valence-electron chi connectivity index (χ4n) is 2.73. The second-order valence-corrected chi connectivity index (χ2v) is 6.06. The van der Waals surface area contributed by atoms with Crippen LogP contribution < -0.4 is 15.4 Å². The molecule has 1 aromatic heterocycles. The Morgan fingerprint density at radius 1 is 1.16 bits per heavy atom. The molecule has 2 aromatic rings. The van der Waals surface area contributed by atoms with E-state index in [4.69, 9.17) is 4.74 Å². The number of nitrogens with zero attached hydrogens (tertiary/aromatic N) is 1. The highest BCUT2D eigenvalue weighted by Crippen LogP contribution is 2.25. The number of benzene rings is 1. The molecule has 0 spiro atoms. The van der Waals surface area contributed by atoms with Gasteiger partial charge in [-0.1, -0.05) is 18.6 Å². The molecule has 25 heavy (non-hydrogen) atoms. The lowest BCUT2D eigenvalue weighted by molar-refractivity contribution is 0.0935. The van der Waals surface area contributed by atoms with E-state index in [9.17, 15) is 9.59 Å². The van der Waals surface area contributed by atoms with Crippen molar-refractivity contribution in [1.29, 1.82) is 0 Å².